The Labute approximate surface area is 126 Å². The monoisotopic (exact) mass is 292 g/mol. The van der Waals surface area contributed by atoms with Crippen LogP contribution in [-0.2, 0) is 4.74 Å². The van der Waals surface area contributed by atoms with E-state index in [1.807, 2.05) is 20.2 Å². The largest absolute Gasteiger partial charge is 0.378 e. The Morgan fingerprint density at radius 2 is 2.14 bits per heavy atom. The van der Waals surface area contributed by atoms with E-state index in [2.05, 4.69) is 20.1 Å². The Balaban J connectivity index is 1.88. The normalized spacial score (nSPS) is 15.3. The van der Waals surface area contributed by atoms with Crippen LogP contribution in [0.4, 0.5) is 5.69 Å². The molecule has 1 fully saturated rings. The van der Waals surface area contributed by atoms with Gasteiger partial charge in [0.1, 0.15) is 0 Å². The van der Waals surface area contributed by atoms with E-state index in [9.17, 15) is 4.79 Å². The van der Waals surface area contributed by atoms with Crippen molar-refractivity contribution >= 4 is 11.6 Å². The van der Waals surface area contributed by atoms with Gasteiger partial charge in [0, 0.05) is 25.8 Å². The highest BCUT2D eigenvalue weighted by molar-refractivity contribution is 5.94. The van der Waals surface area contributed by atoms with Crippen LogP contribution >= 0.6 is 0 Å². The quantitative estimate of drug-likeness (QED) is 0.778. The predicted octanol–water partition coefficient (Wildman–Crippen LogP) is 0.600. The number of anilines is 1. The predicted molar refractivity (Wildman–Crippen MR) is 82.8 cm³/mol. The van der Waals surface area contributed by atoms with Gasteiger partial charge in [0.2, 0.25) is 0 Å². The molecular weight excluding hydrogens is 268 g/mol. The number of ether oxygens (including phenoxy) is 1. The lowest BCUT2D eigenvalue weighted by molar-refractivity contribution is 0.0952. The van der Waals surface area contributed by atoms with Crippen molar-refractivity contribution < 1.29 is 9.53 Å². The summed E-state index contributed by atoms with van der Waals surface area (Å²) in [7, 11) is 4.05. The molecule has 6 nitrogen and oxygen atoms in total. The lowest BCUT2D eigenvalue weighted by atomic mass is 10.2. The molecule has 0 spiro atoms. The minimum atomic E-state index is -0.0589. The molecule has 1 N–H and O–H groups in total. The molecule has 0 bridgehead atoms. The number of hydrogen-bond acceptors (Lipinski definition) is 5. The molecule has 6 heteroatoms. The lowest BCUT2D eigenvalue weighted by Crippen LogP contribution is -2.36. The van der Waals surface area contributed by atoms with Gasteiger partial charge in [0.05, 0.1) is 30.7 Å². The van der Waals surface area contributed by atoms with Gasteiger partial charge >= 0.3 is 0 Å². The van der Waals surface area contributed by atoms with E-state index >= 15 is 0 Å². The Kier molecular flexibility index (Phi) is 5.95. The molecule has 0 aliphatic carbocycles. The van der Waals surface area contributed by atoms with Gasteiger partial charge in [-0.2, -0.15) is 0 Å². The van der Waals surface area contributed by atoms with Crippen molar-refractivity contribution in [3.8, 4) is 0 Å². The summed E-state index contributed by atoms with van der Waals surface area (Å²) in [5.41, 5.74) is 1.60. The van der Waals surface area contributed by atoms with Crippen LogP contribution in [0.3, 0.4) is 0 Å². The molecule has 2 rings (SSSR count). The van der Waals surface area contributed by atoms with Gasteiger partial charge in [-0.15, -0.1) is 0 Å². The van der Waals surface area contributed by atoms with Gasteiger partial charge in [0.25, 0.3) is 5.91 Å². The number of nitrogens with zero attached hydrogens (tertiary/aromatic N) is 3. The second-order valence-electron chi connectivity index (χ2n) is 5.44. The van der Waals surface area contributed by atoms with Crippen molar-refractivity contribution in [3.05, 3.63) is 24.0 Å². The molecule has 1 aliphatic rings. The number of carbonyl (C=O) groups excluding carboxylic acids is 1. The zero-order valence-corrected chi connectivity index (χ0v) is 12.8. The summed E-state index contributed by atoms with van der Waals surface area (Å²) in [5, 5.41) is 2.94. The van der Waals surface area contributed by atoms with Crippen molar-refractivity contribution in [3.63, 3.8) is 0 Å². The Morgan fingerprint density at radius 1 is 1.38 bits per heavy atom. The van der Waals surface area contributed by atoms with E-state index in [4.69, 9.17) is 4.74 Å². The number of pyridine rings is 1. The molecule has 0 unspecified atom stereocenters. The molecule has 0 atom stereocenters. The summed E-state index contributed by atoms with van der Waals surface area (Å²) in [6.45, 7) is 4.78. The molecule has 1 aromatic heterocycles. The molecule has 0 saturated carbocycles. The van der Waals surface area contributed by atoms with E-state index < -0.39 is 0 Å². The molecule has 1 aliphatic heterocycles. The summed E-state index contributed by atoms with van der Waals surface area (Å²) in [4.78, 5) is 20.6. The van der Waals surface area contributed by atoms with Crippen molar-refractivity contribution in [1.82, 2.24) is 15.2 Å². The number of carbonyl (C=O) groups is 1. The summed E-state index contributed by atoms with van der Waals surface area (Å²) in [6.07, 6.45) is 4.36. The molecule has 0 radical (unpaired) electrons. The van der Waals surface area contributed by atoms with Crippen LogP contribution in [0.25, 0.3) is 0 Å². The Hall–Kier alpha value is -1.66. The Bertz CT molecular complexity index is 459. The van der Waals surface area contributed by atoms with E-state index in [0.29, 0.717) is 12.1 Å². The highest BCUT2D eigenvalue weighted by Crippen LogP contribution is 2.15. The van der Waals surface area contributed by atoms with Gasteiger partial charge in [-0.25, -0.2) is 0 Å². The molecule has 1 amide bonds. The van der Waals surface area contributed by atoms with E-state index in [1.54, 1.807) is 12.4 Å². The lowest BCUT2D eigenvalue weighted by Gasteiger charge is -2.28. The maximum atomic E-state index is 12.1. The first-order chi connectivity index (χ1) is 10.2. The fraction of sp³-hybridized carbons (Fsp3) is 0.600. The molecule has 116 valence electrons. The first kappa shape index (κ1) is 15.7. The average molecular weight is 292 g/mol. The smallest absolute Gasteiger partial charge is 0.252 e. The molecule has 0 aromatic carbocycles. The fourth-order valence-corrected chi connectivity index (χ4v) is 2.25. The van der Waals surface area contributed by atoms with Crippen molar-refractivity contribution in [1.29, 1.82) is 0 Å². The fourth-order valence-electron chi connectivity index (χ4n) is 2.25. The first-order valence-corrected chi connectivity index (χ1v) is 7.37. The van der Waals surface area contributed by atoms with Crippen LogP contribution in [-0.4, -0.2) is 69.3 Å². The topological polar surface area (TPSA) is 57.7 Å². The molecule has 21 heavy (non-hydrogen) atoms. The maximum Gasteiger partial charge on any atom is 0.252 e. The first-order valence-electron chi connectivity index (χ1n) is 7.37. The van der Waals surface area contributed by atoms with Gasteiger partial charge < -0.3 is 19.9 Å². The van der Waals surface area contributed by atoms with Gasteiger partial charge in [-0.3, -0.25) is 9.78 Å². The number of aromatic nitrogens is 1. The molecule has 1 saturated heterocycles. The number of rotatable bonds is 6. The zero-order chi connectivity index (χ0) is 15.1. The summed E-state index contributed by atoms with van der Waals surface area (Å²) >= 11 is 0. The van der Waals surface area contributed by atoms with Gasteiger partial charge in [-0.05, 0) is 33.1 Å². The molecule has 2 heterocycles. The summed E-state index contributed by atoms with van der Waals surface area (Å²) in [5.74, 6) is -0.0589. The highest BCUT2D eigenvalue weighted by Gasteiger charge is 2.13. The average Bonchev–Trinajstić information content (AvgIpc) is 2.52. The second kappa shape index (κ2) is 7.95. The van der Waals surface area contributed by atoms with Gasteiger partial charge in [0.15, 0.2) is 0 Å². The van der Waals surface area contributed by atoms with Crippen LogP contribution in [0.5, 0.6) is 0 Å². The second-order valence-corrected chi connectivity index (χ2v) is 5.44. The van der Waals surface area contributed by atoms with Gasteiger partial charge in [-0.1, -0.05) is 0 Å². The number of nitrogens with one attached hydrogen (secondary N) is 1. The van der Waals surface area contributed by atoms with E-state index in [-0.39, 0.29) is 5.91 Å². The minimum Gasteiger partial charge on any atom is -0.378 e. The minimum absolute atomic E-state index is 0.0589. The highest BCUT2D eigenvalue weighted by atomic mass is 16.5. The van der Waals surface area contributed by atoms with E-state index in [1.165, 1.54) is 0 Å². The molecular formula is C15H24N4O2. The van der Waals surface area contributed by atoms with Crippen molar-refractivity contribution in [2.75, 3.05) is 58.4 Å². The van der Waals surface area contributed by atoms with Crippen LogP contribution in [0.15, 0.2) is 18.5 Å². The third kappa shape index (κ3) is 4.99. The standard InChI is InChI=1S/C15H24N4O2/c1-18(2)5-3-4-17-15(20)13-10-14(12-16-11-13)19-6-8-21-9-7-19/h10-12H,3-9H2,1-2H3,(H,17,20). The van der Waals surface area contributed by atoms with Crippen molar-refractivity contribution in [2.24, 2.45) is 0 Å². The van der Waals surface area contributed by atoms with Crippen LogP contribution in [0.2, 0.25) is 0 Å². The van der Waals surface area contributed by atoms with Crippen molar-refractivity contribution in [2.45, 2.75) is 6.42 Å². The van der Waals surface area contributed by atoms with Crippen LogP contribution < -0.4 is 10.2 Å². The maximum absolute atomic E-state index is 12.1. The molecule has 1 aromatic rings. The zero-order valence-electron chi connectivity index (χ0n) is 12.8. The third-order valence-corrected chi connectivity index (χ3v) is 3.43. The summed E-state index contributed by atoms with van der Waals surface area (Å²) in [6, 6.07) is 1.90. The Morgan fingerprint density at radius 3 is 2.86 bits per heavy atom. The summed E-state index contributed by atoms with van der Waals surface area (Å²) < 4.78 is 5.34. The van der Waals surface area contributed by atoms with Crippen LogP contribution in [0.1, 0.15) is 16.8 Å². The van der Waals surface area contributed by atoms with Crippen LogP contribution in [0, 0.1) is 0 Å². The number of amides is 1. The SMILES string of the molecule is CN(C)CCCNC(=O)c1cncc(N2CCOCC2)c1. The van der Waals surface area contributed by atoms with E-state index in [0.717, 1.165) is 45.0 Å². The third-order valence-electron chi connectivity index (χ3n) is 3.43. The number of hydrogen-bond donors (Lipinski definition) is 1. The number of morpholine rings is 1.